The van der Waals surface area contributed by atoms with Crippen molar-refractivity contribution in [1.82, 2.24) is 10.2 Å². The average molecular weight is 392 g/mol. The fourth-order valence-corrected chi connectivity index (χ4v) is 5.45. The Morgan fingerprint density at radius 1 is 1.14 bits per heavy atom. The van der Waals surface area contributed by atoms with E-state index >= 15 is 0 Å². The van der Waals surface area contributed by atoms with Gasteiger partial charge in [0.05, 0.1) is 11.8 Å². The molecule has 152 valence electrons. The molecule has 2 amide bonds. The molecule has 2 aromatic rings. The zero-order valence-corrected chi connectivity index (χ0v) is 16.7. The molecule has 29 heavy (non-hydrogen) atoms. The number of carbonyl (C=O) groups excluding carboxylic acids is 2. The van der Waals surface area contributed by atoms with Crippen LogP contribution in [0.15, 0.2) is 47.3 Å². The first-order chi connectivity index (χ1) is 14.1. The molecule has 5 rings (SSSR count). The number of likely N-dealkylation sites (tertiary alicyclic amines) is 1. The van der Waals surface area contributed by atoms with Crippen LogP contribution >= 0.6 is 0 Å². The van der Waals surface area contributed by atoms with Crippen molar-refractivity contribution in [3.63, 3.8) is 0 Å². The second-order valence-electron chi connectivity index (χ2n) is 8.97. The molecule has 0 radical (unpaired) electrons. The molecular weight excluding hydrogens is 364 g/mol. The molecule has 5 nitrogen and oxygen atoms in total. The van der Waals surface area contributed by atoms with Crippen LogP contribution in [-0.2, 0) is 10.2 Å². The number of carbonyl (C=O) groups is 2. The molecule has 1 aromatic carbocycles. The minimum Gasteiger partial charge on any atom is -0.472 e. The number of amides is 2. The van der Waals surface area contributed by atoms with Crippen molar-refractivity contribution in [3.05, 3.63) is 59.5 Å². The van der Waals surface area contributed by atoms with E-state index in [9.17, 15) is 9.59 Å². The van der Waals surface area contributed by atoms with Crippen LogP contribution < -0.4 is 5.32 Å². The highest BCUT2D eigenvalue weighted by Crippen LogP contribution is 2.52. The predicted molar refractivity (Wildman–Crippen MR) is 110 cm³/mol. The van der Waals surface area contributed by atoms with Gasteiger partial charge in [-0.25, -0.2) is 0 Å². The van der Waals surface area contributed by atoms with Crippen LogP contribution in [0.25, 0.3) is 0 Å². The molecule has 1 saturated carbocycles. The summed E-state index contributed by atoms with van der Waals surface area (Å²) in [5.41, 5.74) is 3.45. The molecule has 0 bridgehead atoms. The standard InChI is InChI=1S/C24H28N2O3/c27-22(25-19-4-3-5-19)14-18-15-24(21-7-2-1-6-20(18)21)9-11-26(12-10-24)23(28)17-8-13-29-16-17/h1-2,6-8,13,16,18-19H,3-5,9-12,14-15H2,(H,25,27). The van der Waals surface area contributed by atoms with Crippen molar-refractivity contribution < 1.29 is 14.0 Å². The Morgan fingerprint density at radius 2 is 1.93 bits per heavy atom. The molecule has 3 aliphatic rings. The fraction of sp³-hybridized carbons (Fsp3) is 0.500. The average Bonchev–Trinajstić information content (AvgIpc) is 3.34. The largest absolute Gasteiger partial charge is 0.472 e. The Bertz CT molecular complexity index is 893. The van der Waals surface area contributed by atoms with Gasteiger partial charge >= 0.3 is 0 Å². The number of fused-ring (bicyclic) bond motifs is 2. The second-order valence-corrected chi connectivity index (χ2v) is 8.97. The summed E-state index contributed by atoms with van der Waals surface area (Å²) in [5, 5.41) is 3.20. The van der Waals surface area contributed by atoms with Gasteiger partial charge in [-0.15, -0.1) is 0 Å². The fourth-order valence-electron chi connectivity index (χ4n) is 5.45. The molecule has 1 atom stereocenters. The van der Waals surface area contributed by atoms with Crippen molar-refractivity contribution in [2.75, 3.05) is 13.1 Å². The molecular formula is C24H28N2O3. The number of hydrogen-bond donors (Lipinski definition) is 1. The summed E-state index contributed by atoms with van der Waals surface area (Å²) in [4.78, 5) is 27.2. The summed E-state index contributed by atoms with van der Waals surface area (Å²) in [6, 6.07) is 10.8. The first kappa shape index (κ1) is 18.5. The SMILES string of the molecule is O=C(CC1CC2(CCN(C(=O)c3ccoc3)CC2)c2ccccc21)NC1CCC1. The van der Waals surface area contributed by atoms with Crippen LogP contribution in [-0.4, -0.2) is 35.8 Å². The normalized spacial score (nSPS) is 22.9. The minimum atomic E-state index is 0.0521. The van der Waals surface area contributed by atoms with Crippen molar-refractivity contribution in [2.45, 2.75) is 62.3 Å². The van der Waals surface area contributed by atoms with Crippen LogP contribution in [0, 0.1) is 0 Å². The summed E-state index contributed by atoms with van der Waals surface area (Å²) in [6.45, 7) is 1.50. The van der Waals surface area contributed by atoms with Crippen molar-refractivity contribution >= 4 is 11.8 Å². The van der Waals surface area contributed by atoms with Crippen LogP contribution in [0.2, 0.25) is 0 Å². The van der Waals surface area contributed by atoms with Crippen molar-refractivity contribution in [1.29, 1.82) is 0 Å². The van der Waals surface area contributed by atoms with E-state index in [-0.39, 0.29) is 23.1 Å². The number of furan rings is 1. The molecule has 1 aliphatic heterocycles. The molecule has 2 heterocycles. The van der Waals surface area contributed by atoms with Crippen LogP contribution in [0.3, 0.4) is 0 Å². The lowest BCUT2D eigenvalue weighted by molar-refractivity contribution is -0.122. The maximum atomic E-state index is 12.7. The highest BCUT2D eigenvalue weighted by molar-refractivity contribution is 5.93. The summed E-state index contributed by atoms with van der Waals surface area (Å²) in [6.07, 6.45) is 10.0. The van der Waals surface area contributed by atoms with Gasteiger partial charge in [0.25, 0.3) is 5.91 Å². The smallest absolute Gasteiger partial charge is 0.257 e. The van der Waals surface area contributed by atoms with Gasteiger partial charge in [0.1, 0.15) is 6.26 Å². The lowest BCUT2D eigenvalue weighted by atomic mass is 9.73. The number of piperidine rings is 1. The molecule has 1 spiro atoms. The molecule has 1 saturated heterocycles. The van der Waals surface area contributed by atoms with Gasteiger partial charge in [-0.1, -0.05) is 24.3 Å². The summed E-state index contributed by atoms with van der Waals surface area (Å²) in [7, 11) is 0. The van der Waals surface area contributed by atoms with Gasteiger partial charge < -0.3 is 14.6 Å². The number of nitrogens with zero attached hydrogens (tertiary/aromatic N) is 1. The van der Waals surface area contributed by atoms with Crippen LogP contribution in [0.1, 0.15) is 72.3 Å². The highest BCUT2D eigenvalue weighted by Gasteiger charge is 2.46. The summed E-state index contributed by atoms with van der Waals surface area (Å²) >= 11 is 0. The zero-order valence-electron chi connectivity index (χ0n) is 16.7. The van der Waals surface area contributed by atoms with Crippen LogP contribution in [0.4, 0.5) is 0 Å². The topological polar surface area (TPSA) is 62.6 Å². The number of benzene rings is 1. The van der Waals surface area contributed by atoms with Gasteiger partial charge in [0, 0.05) is 25.6 Å². The molecule has 1 N–H and O–H groups in total. The third-order valence-corrected chi connectivity index (χ3v) is 7.29. The molecule has 1 unspecified atom stereocenters. The van der Waals surface area contributed by atoms with E-state index in [1.54, 1.807) is 12.3 Å². The molecule has 2 aliphatic carbocycles. The van der Waals surface area contributed by atoms with E-state index in [2.05, 4.69) is 29.6 Å². The van der Waals surface area contributed by atoms with E-state index in [1.807, 2.05) is 4.90 Å². The first-order valence-electron chi connectivity index (χ1n) is 10.8. The Balaban J connectivity index is 1.29. The van der Waals surface area contributed by atoms with E-state index in [0.29, 0.717) is 18.0 Å². The third-order valence-electron chi connectivity index (χ3n) is 7.29. The monoisotopic (exact) mass is 392 g/mol. The molecule has 5 heteroatoms. The summed E-state index contributed by atoms with van der Waals surface area (Å²) < 4.78 is 5.07. The third kappa shape index (κ3) is 3.37. The molecule has 2 fully saturated rings. The second kappa shape index (κ2) is 7.36. The van der Waals surface area contributed by atoms with Gasteiger partial charge in [0.15, 0.2) is 0 Å². The minimum absolute atomic E-state index is 0.0521. The van der Waals surface area contributed by atoms with E-state index in [0.717, 1.165) is 45.2 Å². The maximum Gasteiger partial charge on any atom is 0.257 e. The Hall–Kier alpha value is -2.56. The van der Waals surface area contributed by atoms with E-state index in [4.69, 9.17) is 4.42 Å². The predicted octanol–water partition coefficient (Wildman–Crippen LogP) is 4.00. The van der Waals surface area contributed by atoms with Gasteiger partial charge in [0.2, 0.25) is 5.91 Å². The van der Waals surface area contributed by atoms with Gasteiger partial charge in [-0.2, -0.15) is 0 Å². The highest BCUT2D eigenvalue weighted by atomic mass is 16.3. The quantitative estimate of drug-likeness (QED) is 0.855. The maximum absolute atomic E-state index is 12.7. The molecule has 1 aromatic heterocycles. The lowest BCUT2D eigenvalue weighted by Crippen LogP contribution is -2.44. The van der Waals surface area contributed by atoms with Crippen LogP contribution in [0.5, 0.6) is 0 Å². The van der Waals surface area contributed by atoms with Gasteiger partial charge in [-0.05, 0) is 67.1 Å². The van der Waals surface area contributed by atoms with Crippen molar-refractivity contribution in [3.8, 4) is 0 Å². The van der Waals surface area contributed by atoms with Gasteiger partial charge in [-0.3, -0.25) is 9.59 Å². The Morgan fingerprint density at radius 3 is 2.62 bits per heavy atom. The van der Waals surface area contributed by atoms with E-state index in [1.165, 1.54) is 23.8 Å². The van der Waals surface area contributed by atoms with Crippen molar-refractivity contribution in [2.24, 2.45) is 0 Å². The van der Waals surface area contributed by atoms with E-state index < -0.39 is 0 Å². The summed E-state index contributed by atoms with van der Waals surface area (Å²) in [5.74, 6) is 0.526. The first-order valence-corrected chi connectivity index (χ1v) is 10.8. The number of nitrogens with one attached hydrogen (secondary N) is 1. The number of hydrogen-bond acceptors (Lipinski definition) is 3. The lowest BCUT2D eigenvalue weighted by Gasteiger charge is -2.40. The zero-order chi connectivity index (χ0) is 19.8. The Labute approximate surface area is 171 Å². The number of rotatable bonds is 4. The Kier molecular flexibility index (Phi) is 4.69.